The van der Waals surface area contributed by atoms with Crippen molar-refractivity contribution in [1.82, 2.24) is 4.90 Å². The summed E-state index contributed by atoms with van der Waals surface area (Å²) in [5.74, 6) is 3.52. The second-order valence-corrected chi connectivity index (χ2v) is 8.61. The first-order valence-corrected chi connectivity index (χ1v) is 10.6. The van der Waals surface area contributed by atoms with Crippen LogP contribution in [0.3, 0.4) is 0 Å². The molecule has 4 atom stereocenters. The molecule has 1 heterocycles. The molecule has 2 aliphatic carbocycles. The molecule has 3 aliphatic rings. The average molecular weight is 375 g/mol. The van der Waals surface area contributed by atoms with Crippen molar-refractivity contribution >= 4 is 5.69 Å². The highest BCUT2D eigenvalue weighted by Crippen LogP contribution is 2.48. The molecule has 0 amide bonds. The van der Waals surface area contributed by atoms with Crippen LogP contribution in [0.15, 0.2) is 24.3 Å². The molecular weight excluding hydrogens is 340 g/mol. The van der Waals surface area contributed by atoms with E-state index in [0.717, 1.165) is 56.3 Å². The maximum absolute atomic E-state index is 10.4. The Hall–Kier alpha value is -1.30. The number of hydrogen-bond donors (Lipinski definition) is 1. The Morgan fingerprint density at radius 3 is 2.48 bits per heavy atom. The smallest absolute Gasteiger partial charge is 0.119 e. The van der Waals surface area contributed by atoms with Crippen molar-refractivity contribution in [2.45, 2.75) is 31.8 Å². The van der Waals surface area contributed by atoms with Gasteiger partial charge < -0.3 is 19.5 Å². The highest BCUT2D eigenvalue weighted by atomic mass is 16.5. The van der Waals surface area contributed by atoms with E-state index in [9.17, 15) is 5.11 Å². The summed E-state index contributed by atoms with van der Waals surface area (Å²) >= 11 is 0. The molecule has 0 radical (unpaired) electrons. The minimum atomic E-state index is -0.379. The first-order valence-electron chi connectivity index (χ1n) is 10.6. The van der Waals surface area contributed by atoms with Crippen LogP contribution in [-0.4, -0.2) is 69.2 Å². The van der Waals surface area contributed by atoms with Crippen LogP contribution in [0.4, 0.5) is 5.69 Å². The minimum Gasteiger partial charge on any atom is -0.497 e. The quantitative estimate of drug-likeness (QED) is 0.758. The highest BCUT2D eigenvalue weighted by Gasteiger charge is 2.39. The van der Waals surface area contributed by atoms with Crippen LogP contribution in [-0.2, 0) is 4.74 Å². The van der Waals surface area contributed by atoms with E-state index < -0.39 is 0 Å². The standard InChI is InChI=1S/C22H34N2O3/c1-26-22-6-4-20(5-7-22)24-10-8-23(9-11-24)14-21(25)16-27-15-19-13-17-2-3-18(19)12-17/h4-7,17-19,21,25H,2-3,8-16H2,1H3/t17-,18-,19-,21-/m0/s1. The van der Waals surface area contributed by atoms with Crippen molar-refractivity contribution in [2.75, 3.05) is 57.9 Å². The summed E-state index contributed by atoms with van der Waals surface area (Å²) in [5, 5.41) is 10.4. The zero-order chi connectivity index (χ0) is 18.6. The van der Waals surface area contributed by atoms with E-state index in [1.807, 2.05) is 12.1 Å². The Morgan fingerprint density at radius 1 is 1.07 bits per heavy atom. The molecule has 1 aromatic rings. The number of benzene rings is 1. The molecular formula is C22H34N2O3. The SMILES string of the molecule is COc1ccc(N2CCN(C[C@H](O)COC[C@@H]3C[C@H]4CC[C@H]3C4)CC2)cc1. The maximum Gasteiger partial charge on any atom is 0.119 e. The largest absolute Gasteiger partial charge is 0.497 e. The Kier molecular flexibility index (Phi) is 6.21. The van der Waals surface area contributed by atoms with Crippen molar-refractivity contribution in [1.29, 1.82) is 0 Å². The van der Waals surface area contributed by atoms with Crippen molar-refractivity contribution in [3.05, 3.63) is 24.3 Å². The number of fused-ring (bicyclic) bond motifs is 2. The summed E-state index contributed by atoms with van der Waals surface area (Å²) in [5.41, 5.74) is 1.24. The van der Waals surface area contributed by atoms with Gasteiger partial charge >= 0.3 is 0 Å². The van der Waals surface area contributed by atoms with Gasteiger partial charge in [-0.15, -0.1) is 0 Å². The Labute approximate surface area is 163 Å². The third-order valence-corrected chi connectivity index (χ3v) is 6.81. The summed E-state index contributed by atoms with van der Waals surface area (Å²) in [6.07, 6.45) is 5.24. The van der Waals surface area contributed by atoms with Gasteiger partial charge in [0.05, 0.1) is 19.8 Å². The van der Waals surface area contributed by atoms with E-state index in [0.29, 0.717) is 13.2 Å². The molecule has 0 spiro atoms. The van der Waals surface area contributed by atoms with Gasteiger partial charge in [-0.3, -0.25) is 4.90 Å². The van der Waals surface area contributed by atoms with E-state index in [4.69, 9.17) is 9.47 Å². The third-order valence-electron chi connectivity index (χ3n) is 6.81. The van der Waals surface area contributed by atoms with Crippen LogP contribution in [0.2, 0.25) is 0 Å². The van der Waals surface area contributed by atoms with Crippen molar-refractivity contribution < 1.29 is 14.6 Å². The van der Waals surface area contributed by atoms with E-state index >= 15 is 0 Å². The number of aliphatic hydroxyl groups excluding tert-OH is 1. The lowest BCUT2D eigenvalue weighted by Gasteiger charge is -2.37. The van der Waals surface area contributed by atoms with Crippen LogP contribution < -0.4 is 9.64 Å². The number of hydrogen-bond acceptors (Lipinski definition) is 5. The van der Waals surface area contributed by atoms with Crippen molar-refractivity contribution in [3.63, 3.8) is 0 Å². The summed E-state index contributed by atoms with van der Waals surface area (Å²) < 4.78 is 11.1. The molecule has 1 aliphatic heterocycles. The molecule has 3 fully saturated rings. The predicted octanol–water partition coefficient (Wildman–Crippen LogP) is 2.63. The molecule has 5 heteroatoms. The first-order chi connectivity index (χ1) is 13.2. The minimum absolute atomic E-state index is 0.379. The topological polar surface area (TPSA) is 45.2 Å². The molecule has 1 N–H and O–H groups in total. The molecule has 150 valence electrons. The van der Waals surface area contributed by atoms with E-state index in [2.05, 4.69) is 21.9 Å². The van der Waals surface area contributed by atoms with Gasteiger partial charge in [-0.05, 0) is 61.3 Å². The number of piperazine rings is 1. The van der Waals surface area contributed by atoms with E-state index in [1.165, 1.54) is 31.4 Å². The Bertz CT molecular complexity index is 586. The molecule has 2 saturated carbocycles. The van der Waals surface area contributed by atoms with Crippen LogP contribution in [0.1, 0.15) is 25.7 Å². The summed E-state index contributed by atoms with van der Waals surface area (Å²) in [4.78, 5) is 4.75. The average Bonchev–Trinajstić information content (AvgIpc) is 3.32. The van der Waals surface area contributed by atoms with Crippen LogP contribution in [0.5, 0.6) is 5.75 Å². The number of nitrogens with zero attached hydrogens (tertiary/aromatic N) is 2. The van der Waals surface area contributed by atoms with Gasteiger partial charge in [0.15, 0.2) is 0 Å². The van der Waals surface area contributed by atoms with Gasteiger partial charge in [0.1, 0.15) is 5.75 Å². The molecule has 1 aromatic carbocycles. The second kappa shape index (κ2) is 8.80. The lowest BCUT2D eigenvalue weighted by atomic mass is 9.90. The van der Waals surface area contributed by atoms with Crippen LogP contribution >= 0.6 is 0 Å². The fraction of sp³-hybridized carbons (Fsp3) is 0.727. The predicted molar refractivity (Wildman–Crippen MR) is 107 cm³/mol. The molecule has 5 nitrogen and oxygen atoms in total. The monoisotopic (exact) mass is 374 g/mol. The lowest BCUT2D eigenvalue weighted by molar-refractivity contribution is -0.00274. The van der Waals surface area contributed by atoms with E-state index in [1.54, 1.807) is 7.11 Å². The Morgan fingerprint density at radius 2 is 1.85 bits per heavy atom. The van der Waals surface area contributed by atoms with Gasteiger partial charge in [0, 0.05) is 45.0 Å². The number of methoxy groups -OCH3 is 1. The summed E-state index contributed by atoms with van der Waals surface area (Å²) in [6, 6.07) is 8.26. The zero-order valence-electron chi connectivity index (χ0n) is 16.6. The van der Waals surface area contributed by atoms with E-state index in [-0.39, 0.29) is 6.10 Å². The van der Waals surface area contributed by atoms with Gasteiger partial charge in [0.25, 0.3) is 0 Å². The van der Waals surface area contributed by atoms with Crippen LogP contribution in [0, 0.1) is 17.8 Å². The van der Waals surface area contributed by atoms with Gasteiger partial charge in [-0.25, -0.2) is 0 Å². The number of rotatable bonds is 8. The lowest BCUT2D eigenvalue weighted by Crippen LogP contribution is -2.49. The normalized spacial score (nSPS) is 29.3. The number of anilines is 1. The fourth-order valence-electron chi connectivity index (χ4n) is 5.27. The van der Waals surface area contributed by atoms with Gasteiger partial charge in [-0.2, -0.15) is 0 Å². The first kappa shape index (κ1) is 19.0. The van der Waals surface area contributed by atoms with Crippen molar-refractivity contribution in [2.24, 2.45) is 17.8 Å². The molecule has 2 bridgehead atoms. The zero-order valence-corrected chi connectivity index (χ0v) is 16.6. The number of aliphatic hydroxyl groups is 1. The number of β-amino-alcohol motifs (C(OH)–C–C–N with tert-alkyl or cyclic N) is 1. The third kappa shape index (κ3) is 4.76. The molecule has 1 saturated heterocycles. The fourth-order valence-corrected chi connectivity index (χ4v) is 5.27. The second-order valence-electron chi connectivity index (χ2n) is 8.61. The summed E-state index contributed by atoms with van der Waals surface area (Å²) in [7, 11) is 1.70. The molecule has 0 unspecified atom stereocenters. The van der Waals surface area contributed by atoms with Crippen LogP contribution in [0.25, 0.3) is 0 Å². The van der Waals surface area contributed by atoms with Gasteiger partial charge in [0.2, 0.25) is 0 Å². The molecule has 27 heavy (non-hydrogen) atoms. The van der Waals surface area contributed by atoms with Gasteiger partial charge in [-0.1, -0.05) is 6.42 Å². The summed E-state index contributed by atoms with van der Waals surface area (Å²) in [6.45, 7) is 5.99. The number of ether oxygens (including phenoxy) is 2. The maximum atomic E-state index is 10.4. The Balaban J connectivity index is 1.13. The molecule has 4 rings (SSSR count). The highest BCUT2D eigenvalue weighted by molar-refractivity contribution is 5.49. The van der Waals surface area contributed by atoms with Crippen molar-refractivity contribution in [3.8, 4) is 5.75 Å². The molecule has 0 aromatic heterocycles.